The van der Waals surface area contributed by atoms with E-state index in [-0.39, 0.29) is 17.1 Å². The van der Waals surface area contributed by atoms with Crippen LogP contribution in [0.15, 0.2) is 22.6 Å². The predicted molar refractivity (Wildman–Crippen MR) is 86.8 cm³/mol. The number of hydrogen-bond acceptors (Lipinski definition) is 4. The Hall–Kier alpha value is -2.89. The number of benzene rings is 1. The lowest BCUT2D eigenvalue weighted by molar-refractivity contribution is 0.0696. The number of aromatic carboxylic acids is 1. The van der Waals surface area contributed by atoms with Crippen molar-refractivity contribution in [3.63, 3.8) is 0 Å². The molecule has 1 heterocycles. The maximum atomic E-state index is 12.5. The van der Waals surface area contributed by atoms with Crippen LogP contribution in [0.4, 0.5) is 5.69 Å². The number of carboxylic acid groups (broad SMARTS) is 1. The van der Waals surface area contributed by atoms with Crippen molar-refractivity contribution in [2.75, 3.05) is 5.32 Å². The van der Waals surface area contributed by atoms with Gasteiger partial charge < -0.3 is 14.8 Å². The Morgan fingerprint density at radius 1 is 1.21 bits per heavy atom. The van der Waals surface area contributed by atoms with Gasteiger partial charge in [0.1, 0.15) is 5.76 Å². The summed E-state index contributed by atoms with van der Waals surface area (Å²) in [4.78, 5) is 35.6. The number of nitrogens with one attached hydrogen (secondary N) is 1. The first kappa shape index (κ1) is 16.0. The first-order valence-electron chi connectivity index (χ1n) is 7.69. The second-order valence-corrected chi connectivity index (χ2v) is 5.92. The second-order valence-electron chi connectivity index (χ2n) is 5.92. The van der Waals surface area contributed by atoms with E-state index in [1.54, 1.807) is 19.9 Å². The largest absolute Gasteiger partial charge is 0.478 e. The van der Waals surface area contributed by atoms with Crippen LogP contribution in [-0.4, -0.2) is 22.8 Å². The van der Waals surface area contributed by atoms with Gasteiger partial charge in [0, 0.05) is 24.1 Å². The van der Waals surface area contributed by atoms with Gasteiger partial charge in [0.05, 0.1) is 11.1 Å². The quantitative estimate of drug-likeness (QED) is 0.901. The zero-order valence-corrected chi connectivity index (χ0v) is 13.4. The number of anilines is 1. The summed E-state index contributed by atoms with van der Waals surface area (Å²) in [6.07, 6.45) is 1.83. The van der Waals surface area contributed by atoms with Crippen molar-refractivity contribution in [2.45, 2.75) is 33.1 Å². The molecular weight excluding hydrogens is 310 g/mol. The predicted octanol–water partition coefficient (Wildman–Crippen LogP) is 3.37. The number of fused-ring (bicyclic) bond motifs is 1. The standard InChI is InChI=1S/C18H17NO5/c1-9-6-7-11(18(22)23)8-12(9)19-17(21)16-10(2)15-13(20)4-3-5-14(15)24-16/h6-8H,3-5H2,1-2H3,(H,19,21)(H,22,23). The zero-order valence-electron chi connectivity index (χ0n) is 13.4. The van der Waals surface area contributed by atoms with Crippen LogP contribution in [0.1, 0.15) is 61.0 Å². The van der Waals surface area contributed by atoms with Crippen LogP contribution >= 0.6 is 0 Å². The van der Waals surface area contributed by atoms with Gasteiger partial charge in [-0.1, -0.05) is 6.07 Å². The number of Topliss-reactive ketones (excluding diaryl/α,β-unsaturated/α-hetero) is 1. The summed E-state index contributed by atoms with van der Waals surface area (Å²) < 4.78 is 5.61. The van der Waals surface area contributed by atoms with E-state index in [4.69, 9.17) is 9.52 Å². The van der Waals surface area contributed by atoms with Crippen molar-refractivity contribution in [3.05, 3.63) is 52.0 Å². The van der Waals surface area contributed by atoms with Crippen LogP contribution in [0.2, 0.25) is 0 Å². The van der Waals surface area contributed by atoms with Crippen LogP contribution < -0.4 is 5.32 Å². The van der Waals surface area contributed by atoms with Gasteiger partial charge >= 0.3 is 5.97 Å². The van der Waals surface area contributed by atoms with E-state index in [9.17, 15) is 14.4 Å². The summed E-state index contributed by atoms with van der Waals surface area (Å²) in [5, 5.41) is 11.7. The molecule has 0 atom stereocenters. The van der Waals surface area contributed by atoms with Crippen LogP contribution in [0.25, 0.3) is 0 Å². The van der Waals surface area contributed by atoms with Gasteiger partial charge in [-0.15, -0.1) is 0 Å². The van der Waals surface area contributed by atoms with Crippen molar-refractivity contribution in [1.29, 1.82) is 0 Å². The van der Waals surface area contributed by atoms with E-state index < -0.39 is 11.9 Å². The Labute approximate surface area is 138 Å². The zero-order chi connectivity index (χ0) is 17.4. The Balaban J connectivity index is 1.93. The van der Waals surface area contributed by atoms with Crippen molar-refractivity contribution in [2.24, 2.45) is 0 Å². The third-order valence-electron chi connectivity index (χ3n) is 4.25. The number of furan rings is 1. The van der Waals surface area contributed by atoms with Crippen molar-refractivity contribution < 1.29 is 23.9 Å². The van der Waals surface area contributed by atoms with Crippen molar-refractivity contribution >= 4 is 23.3 Å². The summed E-state index contributed by atoms with van der Waals surface area (Å²) in [5.74, 6) is -0.887. The third kappa shape index (κ3) is 2.71. The maximum absolute atomic E-state index is 12.5. The molecule has 1 aromatic carbocycles. The smallest absolute Gasteiger partial charge is 0.335 e. The highest BCUT2D eigenvalue weighted by molar-refractivity contribution is 6.08. The number of amides is 1. The van der Waals surface area contributed by atoms with Crippen LogP contribution in [0.3, 0.4) is 0 Å². The molecule has 1 aliphatic rings. The van der Waals surface area contributed by atoms with E-state index >= 15 is 0 Å². The molecule has 1 amide bonds. The summed E-state index contributed by atoms with van der Waals surface area (Å²) in [5.41, 5.74) is 2.28. The number of hydrogen-bond donors (Lipinski definition) is 2. The Bertz CT molecular complexity index is 863. The van der Waals surface area contributed by atoms with Crippen LogP contribution in [0, 0.1) is 13.8 Å². The molecule has 24 heavy (non-hydrogen) atoms. The lowest BCUT2D eigenvalue weighted by Gasteiger charge is -2.08. The van der Waals surface area contributed by atoms with Crippen molar-refractivity contribution in [3.8, 4) is 0 Å². The minimum Gasteiger partial charge on any atom is -0.478 e. The molecule has 0 fully saturated rings. The van der Waals surface area contributed by atoms with Gasteiger partial charge in [0.2, 0.25) is 0 Å². The molecule has 1 aromatic heterocycles. The fraction of sp³-hybridized carbons (Fsp3) is 0.278. The molecule has 2 aromatic rings. The highest BCUT2D eigenvalue weighted by Crippen LogP contribution is 2.30. The highest BCUT2D eigenvalue weighted by atomic mass is 16.4. The first-order chi connectivity index (χ1) is 11.4. The van der Waals surface area contributed by atoms with Gasteiger partial charge in [-0.3, -0.25) is 9.59 Å². The molecule has 6 nitrogen and oxygen atoms in total. The maximum Gasteiger partial charge on any atom is 0.335 e. The molecule has 0 bridgehead atoms. The molecule has 124 valence electrons. The average molecular weight is 327 g/mol. The molecule has 0 radical (unpaired) electrons. The lowest BCUT2D eigenvalue weighted by Crippen LogP contribution is -2.14. The van der Waals surface area contributed by atoms with E-state index in [2.05, 4.69) is 5.32 Å². The number of carbonyl (C=O) groups excluding carboxylic acids is 2. The van der Waals surface area contributed by atoms with E-state index in [1.807, 2.05) is 0 Å². The summed E-state index contributed by atoms with van der Waals surface area (Å²) in [7, 11) is 0. The first-order valence-corrected chi connectivity index (χ1v) is 7.69. The summed E-state index contributed by atoms with van der Waals surface area (Å²) in [6.45, 7) is 3.46. The van der Waals surface area contributed by atoms with Gasteiger partial charge in [0.25, 0.3) is 5.91 Å². The minimum absolute atomic E-state index is 0.000560. The SMILES string of the molecule is Cc1ccc(C(=O)O)cc1NC(=O)c1oc2c(c1C)C(=O)CCC2. The molecular formula is C18H17NO5. The number of ketones is 1. The van der Waals surface area contributed by atoms with Crippen LogP contribution in [-0.2, 0) is 6.42 Å². The van der Waals surface area contributed by atoms with Gasteiger partial charge in [-0.25, -0.2) is 4.79 Å². The number of rotatable bonds is 3. The highest BCUT2D eigenvalue weighted by Gasteiger charge is 2.29. The summed E-state index contributed by atoms with van der Waals surface area (Å²) >= 11 is 0. The summed E-state index contributed by atoms with van der Waals surface area (Å²) in [6, 6.07) is 4.50. The van der Waals surface area contributed by atoms with Crippen LogP contribution in [0.5, 0.6) is 0 Å². The average Bonchev–Trinajstić information content (AvgIpc) is 2.87. The number of aryl methyl sites for hydroxylation is 2. The molecule has 0 unspecified atom stereocenters. The second kappa shape index (κ2) is 5.96. The molecule has 0 aliphatic heterocycles. The Kier molecular flexibility index (Phi) is 3.97. The molecule has 2 N–H and O–H groups in total. The number of carbonyl (C=O) groups is 3. The van der Waals surface area contributed by atoms with Gasteiger partial charge in [-0.05, 0) is 38.0 Å². The van der Waals surface area contributed by atoms with E-state index in [0.717, 1.165) is 12.0 Å². The fourth-order valence-electron chi connectivity index (χ4n) is 2.93. The van der Waals surface area contributed by atoms with E-state index in [1.165, 1.54) is 12.1 Å². The Morgan fingerprint density at radius 3 is 2.62 bits per heavy atom. The Morgan fingerprint density at radius 2 is 1.96 bits per heavy atom. The van der Waals surface area contributed by atoms with Gasteiger partial charge in [-0.2, -0.15) is 0 Å². The minimum atomic E-state index is -1.07. The van der Waals surface area contributed by atoms with E-state index in [0.29, 0.717) is 35.4 Å². The normalized spacial score (nSPS) is 13.5. The molecule has 0 spiro atoms. The molecule has 6 heteroatoms. The fourth-order valence-corrected chi connectivity index (χ4v) is 2.93. The monoisotopic (exact) mass is 327 g/mol. The topological polar surface area (TPSA) is 96.6 Å². The number of carboxylic acids is 1. The molecule has 1 aliphatic carbocycles. The molecule has 0 saturated carbocycles. The lowest BCUT2D eigenvalue weighted by atomic mass is 9.94. The third-order valence-corrected chi connectivity index (χ3v) is 4.25. The molecule has 0 saturated heterocycles. The van der Waals surface area contributed by atoms with Crippen molar-refractivity contribution in [1.82, 2.24) is 0 Å². The molecule has 3 rings (SSSR count). The van der Waals surface area contributed by atoms with Gasteiger partial charge in [0.15, 0.2) is 11.5 Å².